The van der Waals surface area contributed by atoms with Gasteiger partial charge < -0.3 is 11.1 Å². The van der Waals surface area contributed by atoms with Crippen LogP contribution in [-0.2, 0) is 6.54 Å². The first-order chi connectivity index (χ1) is 10.1. The predicted molar refractivity (Wildman–Crippen MR) is 87.9 cm³/mol. The van der Waals surface area contributed by atoms with Gasteiger partial charge in [0.1, 0.15) is 0 Å². The van der Waals surface area contributed by atoms with E-state index in [0.717, 1.165) is 10.4 Å². The van der Waals surface area contributed by atoms with Crippen LogP contribution < -0.4 is 11.1 Å². The lowest BCUT2D eigenvalue weighted by Crippen LogP contribution is -2.22. The van der Waals surface area contributed by atoms with Gasteiger partial charge in [-0.05, 0) is 29.6 Å². The van der Waals surface area contributed by atoms with Crippen LogP contribution in [0.25, 0.3) is 0 Å². The number of rotatable bonds is 3. The van der Waals surface area contributed by atoms with Gasteiger partial charge in [0.05, 0.1) is 23.1 Å². The second-order valence-corrected chi connectivity index (χ2v) is 5.89. The number of thiophene rings is 1. The topological polar surface area (TPSA) is 55.1 Å². The molecule has 6 heteroatoms. The van der Waals surface area contributed by atoms with Gasteiger partial charge in [0.15, 0.2) is 0 Å². The van der Waals surface area contributed by atoms with Crippen molar-refractivity contribution in [1.82, 2.24) is 5.32 Å². The van der Waals surface area contributed by atoms with Gasteiger partial charge in [-0.2, -0.15) is 0 Å². The van der Waals surface area contributed by atoms with E-state index < -0.39 is 0 Å². The summed E-state index contributed by atoms with van der Waals surface area (Å²) in [6.07, 6.45) is 0. The Bertz CT molecular complexity index is 716. The van der Waals surface area contributed by atoms with E-state index in [2.05, 4.69) is 17.2 Å². The number of hydrogen-bond acceptors (Lipinski definition) is 3. The lowest BCUT2D eigenvalue weighted by atomic mass is 10.2. The molecule has 0 radical (unpaired) electrons. The molecule has 3 nitrogen and oxygen atoms in total. The molecule has 0 bridgehead atoms. The van der Waals surface area contributed by atoms with E-state index >= 15 is 0 Å². The zero-order valence-corrected chi connectivity index (χ0v) is 13.3. The molecule has 2 aromatic rings. The number of benzene rings is 1. The average molecular weight is 339 g/mol. The first-order valence-electron chi connectivity index (χ1n) is 6.10. The molecule has 0 fully saturated rings. The summed E-state index contributed by atoms with van der Waals surface area (Å²) >= 11 is 13.3. The summed E-state index contributed by atoms with van der Waals surface area (Å²) in [5, 5.41) is 5.55. The molecule has 0 unspecified atom stereocenters. The molecule has 1 heterocycles. The first kappa shape index (κ1) is 15.9. The number of carbonyl (C=O) groups is 1. The highest BCUT2D eigenvalue weighted by molar-refractivity contribution is 7.10. The molecule has 3 N–H and O–H groups in total. The van der Waals surface area contributed by atoms with Crippen molar-refractivity contribution in [1.29, 1.82) is 0 Å². The third kappa shape index (κ3) is 4.23. The van der Waals surface area contributed by atoms with Crippen molar-refractivity contribution < 1.29 is 4.79 Å². The maximum Gasteiger partial charge on any atom is 0.251 e. The lowest BCUT2D eigenvalue weighted by molar-refractivity contribution is 0.0951. The smallest absolute Gasteiger partial charge is 0.251 e. The Hall–Kier alpha value is -1.51. The van der Waals surface area contributed by atoms with Gasteiger partial charge in [-0.25, -0.2) is 0 Å². The molecule has 1 aromatic heterocycles. The van der Waals surface area contributed by atoms with Crippen LogP contribution in [0.15, 0.2) is 29.6 Å². The van der Waals surface area contributed by atoms with Crippen molar-refractivity contribution in [2.45, 2.75) is 6.54 Å². The molecule has 0 saturated heterocycles. The van der Waals surface area contributed by atoms with E-state index in [0.29, 0.717) is 28.7 Å². The fraction of sp³-hybridized carbons (Fsp3) is 0.133. The maximum atomic E-state index is 12.1. The van der Waals surface area contributed by atoms with Gasteiger partial charge in [-0.1, -0.05) is 35.0 Å². The SMILES string of the molecule is NCC#Cc1ccsc1CNC(=O)c1ccc(Cl)c(Cl)c1. The second-order valence-electron chi connectivity index (χ2n) is 4.07. The molecular formula is C15H12Cl2N2OS. The van der Waals surface area contributed by atoms with Crippen molar-refractivity contribution in [3.63, 3.8) is 0 Å². The van der Waals surface area contributed by atoms with E-state index in [9.17, 15) is 4.79 Å². The van der Waals surface area contributed by atoms with Gasteiger partial charge in [-0.15, -0.1) is 11.3 Å². The number of halogens is 2. The van der Waals surface area contributed by atoms with Gasteiger partial charge in [0, 0.05) is 16.0 Å². The molecule has 0 aliphatic rings. The van der Waals surface area contributed by atoms with E-state index in [1.54, 1.807) is 18.2 Å². The predicted octanol–water partition coefficient (Wildman–Crippen LogP) is 3.30. The quantitative estimate of drug-likeness (QED) is 0.843. The third-order valence-electron chi connectivity index (χ3n) is 2.66. The van der Waals surface area contributed by atoms with Gasteiger partial charge in [0.25, 0.3) is 5.91 Å². The number of nitrogens with one attached hydrogen (secondary N) is 1. The van der Waals surface area contributed by atoms with Crippen molar-refractivity contribution >= 4 is 40.4 Å². The van der Waals surface area contributed by atoms with Crippen LogP contribution in [0.4, 0.5) is 0 Å². The molecule has 0 aliphatic heterocycles. The van der Waals surface area contributed by atoms with Crippen LogP contribution in [-0.4, -0.2) is 12.5 Å². The third-order valence-corrected chi connectivity index (χ3v) is 4.32. The largest absolute Gasteiger partial charge is 0.347 e. The van der Waals surface area contributed by atoms with E-state index in [4.69, 9.17) is 28.9 Å². The van der Waals surface area contributed by atoms with E-state index in [1.807, 2.05) is 11.4 Å². The summed E-state index contributed by atoms with van der Waals surface area (Å²) in [5.41, 5.74) is 6.71. The van der Waals surface area contributed by atoms with Crippen molar-refractivity contribution in [2.75, 3.05) is 6.54 Å². The normalized spacial score (nSPS) is 9.86. The molecule has 1 amide bonds. The Labute approximate surface area is 137 Å². The summed E-state index contributed by atoms with van der Waals surface area (Å²) in [6.45, 7) is 0.719. The molecule has 0 atom stereocenters. The summed E-state index contributed by atoms with van der Waals surface area (Å²) in [4.78, 5) is 13.1. The van der Waals surface area contributed by atoms with Crippen LogP contribution in [0, 0.1) is 11.8 Å². The van der Waals surface area contributed by atoms with Crippen molar-refractivity contribution in [2.24, 2.45) is 5.73 Å². The van der Waals surface area contributed by atoms with Crippen LogP contribution in [0.1, 0.15) is 20.8 Å². The van der Waals surface area contributed by atoms with Gasteiger partial charge in [0.2, 0.25) is 0 Å². The van der Waals surface area contributed by atoms with Crippen LogP contribution in [0.3, 0.4) is 0 Å². The Morgan fingerprint density at radius 1 is 1.29 bits per heavy atom. The summed E-state index contributed by atoms with van der Waals surface area (Å²) in [5.74, 6) is 5.57. The van der Waals surface area contributed by atoms with Gasteiger partial charge in [-0.3, -0.25) is 4.79 Å². The maximum absolute atomic E-state index is 12.1. The van der Waals surface area contributed by atoms with Crippen molar-refractivity contribution in [3.05, 3.63) is 55.7 Å². The standard InChI is InChI=1S/C15H12Cl2N2OS/c16-12-4-3-11(8-13(12)17)15(20)19-9-14-10(2-1-6-18)5-7-21-14/h3-5,7-8H,6,9,18H2,(H,19,20). The summed E-state index contributed by atoms with van der Waals surface area (Å²) in [6, 6.07) is 6.69. The Morgan fingerprint density at radius 2 is 2.10 bits per heavy atom. The molecule has 0 spiro atoms. The molecule has 21 heavy (non-hydrogen) atoms. The highest BCUT2D eigenvalue weighted by Crippen LogP contribution is 2.22. The summed E-state index contributed by atoms with van der Waals surface area (Å²) in [7, 11) is 0. The molecule has 2 rings (SSSR count). The van der Waals surface area contributed by atoms with Crippen LogP contribution in [0.5, 0.6) is 0 Å². The fourth-order valence-corrected chi connectivity index (χ4v) is 2.70. The molecule has 0 aliphatic carbocycles. The summed E-state index contributed by atoms with van der Waals surface area (Å²) < 4.78 is 0. The zero-order valence-electron chi connectivity index (χ0n) is 11.0. The molecule has 108 valence electrons. The number of hydrogen-bond donors (Lipinski definition) is 2. The Kier molecular flexibility index (Phi) is 5.66. The lowest BCUT2D eigenvalue weighted by Gasteiger charge is -2.05. The molecular weight excluding hydrogens is 327 g/mol. The minimum Gasteiger partial charge on any atom is -0.347 e. The number of nitrogens with two attached hydrogens (primary N) is 1. The Balaban J connectivity index is 2.04. The minimum atomic E-state index is -0.209. The fourth-order valence-electron chi connectivity index (χ4n) is 1.64. The van der Waals surface area contributed by atoms with E-state index in [-0.39, 0.29) is 5.91 Å². The Morgan fingerprint density at radius 3 is 2.81 bits per heavy atom. The van der Waals surface area contributed by atoms with Crippen LogP contribution >= 0.6 is 34.5 Å². The average Bonchev–Trinajstić information content (AvgIpc) is 2.92. The zero-order chi connectivity index (χ0) is 15.2. The van der Waals surface area contributed by atoms with Crippen LogP contribution in [0.2, 0.25) is 10.0 Å². The minimum absolute atomic E-state index is 0.209. The molecule has 1 aromatic carbocycles. The highest BCUT2D eigenvalue weighted by Gasteiger charge is 2.09. The number of amides is 1. The molecule has 0 saturated carbocycles. The second kappa shape index (κ2) is 7.48. The van der Waals surface area contributed by atoms with Crippen molar-refractivity contribution in [3.8, 4) is 11.8 Å². The number of carbonyl (C=O) groups excluding carboxylic acids is 1. The van der Waals surface area contributed by atoms with E-state index in [1.165, 1.54) is 11.3 Å². The van der Waals surface area contributed by atoms with Gasteiger partial charge >= 0.3 is 0 Å². The highest BCUT2D eigenvalue weighted by atomic mass is 35.5. The monoisotopic (exact) mass is 338 g/mol. The first-order valence-corrected chi connectivity index (χ1v) is 7.74.